The van der Waals surface area contributed by atoms with E-state index >= 15 is 0 Å². The van der Waals surface area contributed by atoms with Crippen LogP contribution < -0.4 is 0 Å². The van der Waals surface area contributed by atoms with Crippen LogP contribution in [0.4, 0.5) is 0 Å². The summed E-state index contributed by atoms with van der Waals surface area (Å²) in [5, 5.41) is 0. The lowest BCUT2D eigenvalue weighted by Crippen LogP contribution is -2.35. The van der Waals surface area contributed by atoms with Gasteiger partial charge in [-0.15, -0.1) is 0 Å². The Morgan fingerprint density at radius 1 is 0.889 bits per heavy atom. The van der Waals surface area contributed by atoms with Crippen molar-refractivity contribution < 1.29 is 0 Å². The van der Waals surface area contributed by atoms with Crippen LogP contribution in [0.5, 0.6) is 0 Å². The van der Waals surface area contributed by atoms with Gasteiger partial charge >= 0.3 is 0 Å². The van der Waals surface area contributed by atoms with E-state index in [0.29, 0.717) is 0 Å². The van der Waals surface area contributed by atoms with E-state index in [1.165, 1.54) is 90.3 Å². The van der Waals surface area contributed by atoms with Gasteiger partial charge in [0.05, 0.1) is 0 Å². The monoisotopic (exact) mass is 253 g/mol. The number of piperidine rings is 1. The third-order valence-corrected chi connectivity index (χ3v) is 4.38. The first-order chi connectivity index (χ1) is 8.86. The first-order valence-electron chi connectivity index (χ1n) is 8.59. The maximum absolute atomic E-state index is 2.73. The molecule has 0 saturated carbocycles. The molecule has 1 unspecified atom stereocenters. The summed E-state index contributed by atoms with van der Waals surface area (Å²) < 4.78 is 0. The molecule has 0 aromatic heterocycles. The molecule has 0 N–H and O–H groups in total. The molecular formula is C17H35N. The molecule has 1 aliphatic rings. The van der Waals surface area contributed by atoms with Crippen LogP contribution in [0.25, 0.3) is 0 Å². The van der Waals surface area contributed by atoms with E-state index in [2.05, 4.69) is 18.7 Å². The first-order valence-corrected chi connectivity index (χ1v) is 8.59. The summed E-state index contributed by atoms with van der Waals surface area (Å²) in [5.74, 6) is 1.01. The number of hydrogen-bond acceptors (Lipinski definition) is 1. The second kappa shape index (κ2) is 10.8. The summed E-state index contributed by atoms with van der Waals surface area (Å²) in [6, 6.07) is 0. The van der Waals surface area contributed by atoms with Crippen molar-refractivity contribution in [3.63, 3.8) is 0 Å². The number of likely N-dealkylation sites (tertiary alicyclic amines) is 1. The standard InChI is InChI=1S/C17H35N/c1-3-5-6-7-8-9-10-14-18-15-11-13-17(16-18)12-4-2/h17H,3-16H2,1-2H3. The van der Waals surface area contributed by atoms with Gasteiger partial charge in [-0.05, 0) is 44.7 Å². The number of nitrogens with zero attached hydrogens (tertiary/aromatic N) is 1. The highest BCUT2D eigenvalue weighted by molar-refractivity contribution is 4.72. The topological polar surface area (TPSA) is 3.24 Å². The first kappa shape index (κ1) is 16.0. The van der Waals surface area contributed by atoms with E-state index < -0.39 is 0 Å². The van der Waals surface area contributed by atoms with Gasteiger partial charge in [-0.25, -0.2) is 0 Å². The molecule has 0 aromatic rings. The molecule has 108 valence electrons. The summed E-state index contributed by atoms with van der Waals surface area (Å²) in [7, 11) is 0. The number of rotatable bonds is 10. The SMILES string of the molecule is CCCCCCCCCN1CCCC(CCC)C1. The summed E-state index contributed by atoms with van der Waals surface area (Å²) in [6.45, 7) is 8.76. The van der Waals surface area contributed by atoms with Crippen molar-refractivity contribution in [2.75, 3.05) is 19.6 Å². The zero-order chi connectivity index (χ0) is 13.1. The van der Waals surface area contributed by atoms with Gasteiger partial charge in [-0.2, -0.15) is 0 Å². The summed E-state index contributed by atoms with van der Waals surface area (Å²) in [5.41, 5.74) is 0. The van der Waals surface area contributed by atoms with Gasteiger partial charge in [-0.1, -0.05) is 58.8 Å². The third kappa shape index (κ3) is 7.41. The van der Waals surface area contributed by atoms with Crippen LogP contribution in [0.1, 0.15) is 84.5 Å². The molecule has 1 heteroatoms. The third-order valence-electron chi connectivity index (χ3n) is 4.38. The van der Waals surface area contributed by atoms with Crippen molar-refractivity contribution in [3.8, 4) is 0 Å². The number of unbranched alkanes of at least 4 members (excludes halogenated alkanes) is 6. The smallest absolute Gasteiger partial charge is 0.000966 e. The van der Waals surface area contributed by atoms with E-state index in [1.807, 2.05) is 0 Å². The Morgan fingerprint density at radius 3 is 2.33 bits per heavy atom. The molecular weight excluding hydrogens is 218 g/mol. The minimum Gasteiger partial charge on any atom is -0.303 e. The fourth-order valence-corrected chi connectivity index (χ4v) is 3.29. The molecule has 0 amide bonds. The van der Waals surface area contributed by atoms with Gasteiger partial charge in [0.25, 0.3) is 0 Å². The quantitative estimate of drug-likeness (QED) is 0.481. The average Bonchev–Trinajstić information content (AvgIpc) is 2.39. The van der Waals surface area contributed by atoms with Crippen LogP contribution in [0, 0.1) is 5.92 Å². The molecule has 0 aliphatic carbocycles. The van der Waals surface area contributed by atoms with E-state index in [9.17, 15) is 0 Å². The van der Waals surface area contributed by atoms with Crippen molar-refractivity contribution in [3.05, 3.63) is 0 Å². The summed E-state index contributed by atoms with van der Waals surface area (Å²) in [6.07, 6.45) is 15.8. The van der Waals surface area contributed by atoms with Gasteiger partial charge in [0, 0.05) is 6.54 Å². The van der Waals surface area contributed by atoms with Gasteiger partial charge in [-0.3, -0.25) is 0 Å². The Kier molecular flexibility index (Phi) is 9.65. The lowest BCUT2D eigenvalue weighted by atomic mass is 9.93. The van der Waals surface area contributed by atoms with Crippen LogP contribution >= 0.6 is 0 Å². The van der Waals surface area contributed by atoms with Crippen molar-refractivity contribution in [1.29, 1.82) is 0 Å². The molecule has 18 heavy (non-hydrogen) atoms. The molecule has 1 fully saturated rings. The molecule has 0 aromatic carbocycles. The van der Waals surface area contributed by atoms with E-state index in [1.54, 1.807) is 0 Å². The molecule has 1 saturated heterocycles. The molecule has 0 bridgehead atoms. The molecule has 1 atom stereocenters. The predicted octanol–water partition coefficient (Wildman–Crippen LogP) is 5.25. The van der Waals surface area contributed by atoms with Crippen LogP contribution in [0.15, 0.2) is 0 Å². The van der Waals surface area contributed by atoms with Crippen LogP contribution in [-0.2, 0) is 0 Å². The normalized spacial score (nSPS) is 21.3. The van der Waals surface area contributed by atoms with Crippen LogP contribution in [-0.4, -0.2) is 24.5 Å². The second-order valence-corrected chi connectivity index (χ2v) is 6.22. The Morgan fingerprint density at radius 2 is 1.61 bits per heavy atom. The van der Waals surface area contributed by atoms with Crippen LogP contribution in [0.2, 0.25) is 0 Å². The Hall–Kier alpha value is -0.0400. The van der Waals surface area contributed by atoms with E-state index in [-0.39, 0.29) is 0 Å². The van der Waals surface area contributed by atoms with Gasteiger partial charge in [0.1, 0.15) is 0 Å². The highest BCUT2D eigenvalue weighted by Gasteiger charge is 2.18. The minimum absolute atomic E-state index is 1.01. The zero-order valence-corrected chi connectivity index (χ0v) is 12.9. The maximum atomic E-state index is 2.73. The zero-order valence-electron chi connectivity index (χ0n) is 12.9. The highest BCUT2D eigenvalue weighted by Crippen LogP contribution is 2.21. The van der Waals surface area contributed by atoms with Crippen molar-refractivity contribution >= 4 is 0 Å². The molecule has 1 nitrogen and oxygen atoms in total. The molecule has 0 radical (unpaired) electrons. The van der Waals surface area contributed by atoms with Gasteiger partial charge in [0.2, 0.25) is 0 Å². The molecule has 1 aliphatic heterocycles. The Balaban J connectivity index is 1.94. The molecule has 0 spiro atoms. The van der Waals surface area contributed by atoms with E-state index in [4.69, 9.17) is 0 Å². The lowest BCUT2D eigenvalue weighted by Gasteiger charge is -2.32. The van der Waals surface area contributed by atoms with Crippen LogP contribution in [0.3, 0.4) is 0 Å². The fraction of sp³-hybridized carbons (Fsp3) is 1.00. The van der Waals surface area contributed by atoms with Crippen molar-refractivity contribution in [1.82, 2.24) is 4.90 Å². The fourth-order valence-electron chi connectivity index (χ4n) is 3.29. The highest BCUT2D eigenvalue weighted by atomic mass is 15.1. The summed E-state index contributed by atoms with van der Waals surface area (Å²) in [4.78, 5) is 2.73. The Labute approximate surface area is 115 Å². The van der Waals surface area contributed by atoms with E-state index in [0.717, 1.165) is 5.92 Å². The van der Waals surface area contributed by atoms with Gasteiger partial charge in [0.15, 0.2) is 0 Å². The second-order valence-electron chi connectivity index (χ2n) is 6.22. The molecule has 1 heterocycles. The van der Waals surface area contributed by atoms with Crippen molar-refractivity contribution in [2.24, 2.45) is 5.92 Å². The predicted molar refractivity (Wildman–Crippen MR) is 82.1 cm³/mol. The molecule has 1 rings (SSSR count). The Bertz CT molecular complexity index is 176. The average molecular weight is 253 g/mol. The lowest BCUT2D eigenvalue weighted by molar-refractivity contribution is 0.165. The maximum Gasteiger partial charge on any atom is 0.000966 e. The summed E-state index contributed by atoms with van der Waals surface area (Å²) >= 11 is 0. The van der Waals surface area contributed by atoms with Crippen molar-refractivity contribution in [2.45, 2.75) is 84.5 Å². The number of hydrogen-bond donors (Lipinski definition) is 0. The minimum atomic E-state index is 1.01. The largest absolute Gasteiger partial charge is 0.303 e. The van der Waals surface area contributed by atoms with Gasteiger partial charge < -0.3 is 4.90 Å².